The molecule has 0 aliphatic rings. The topological polar surface area (TPSA) is 29.9 Å². The number of nitrogens with zero attached hydrogens (tertiary/aromatic N) is 2. The van der Waals surface area contributed by atoms with Crippen LogP contribution in [0.2, 0.25) is 5.02 Å². The molecule has 3 aromatic rings. The van der Waals surface area contributed by atoms with Crippen LogP contribution in [0, 0.1) is 0 Å². The summed E-state index contributed by atoms with van der Waals surface area (Å²) in [5.41, 5.74) is 3.61. The summed E-state index contributed by atoms with van der Waals surface area (Å²) in [6.45, 7) is 2.99. The van der Waals surface area contributed by atoms with Gasteiger partial charge in [-0.05, 0) is 42.3 Å². The van der Waals surface area contributed by atoms with E-state index in [2.05, 4.69) is 41.5 Å². The zero-order valence-corrected chi connectivity index (χ0v) is 13.2. The lowest BCUT2D eigenvalue weighted by molar-refractivity contribution is 0.574. The molecule has 0 saturated carbocycles. The third-order valence-corrected chi connectivity index (χ3v) is 3.97. The van der Waals surface area contributed by atoms with E-state index in [4.69, 9.17) is 11.6 Å². The predicted octanol–water partition coefficient (Wildman–Crippen LogP) is 4.38. The molecular formula is C18H18ClN3. The normalized spacial score (nSPS) is 12.3. The molecule has 0 unspecified atom stereocenters. The molecule has 0 saturated heterocycles. The van der Waals surface area contributed by atoms with Crippen LogP contribution in [0.3, 0.4) is 0 Å². The lowest BCUT2D eigenvalue weighted by Crippen LogP contribution is -2.18. The van der Waals surface area contributed by atoms with Gasteiger partial charge in [0, 0.05) is 35.7 Å². The van der Waals surface area contributed by atoms with E-state index in [9.17, 15) is 0 Å². The minimum absolute atomic E-state index is 0.285. The molecule has 0 bridgehead atoms. The lowest BCUT2D eigenvalue weighted by atomic mass is 10.1. The molecule has 1 N–H and O–H groups in total. The van der Waals surface area contributed by atoms with Crippen molar-refractivity contribution in [2.24, 2.45) is 0 Å². The lowest BCUT2D eigenvalue weighted by Gasteiger charge is -2.15. The average molecular weight is 312 g/mol. The molecule has 0 spiro atoms. The standard InChI is InChI=1S/C18H18ClN3/c1-14(21-12-15-2-6-17(19)7-3-15)16-4-8-18(9-5-16)22-11-10-20-13-22/h2-11,13-14,21H,12H2,1H3/t14-/m1/s1. The molecule has 0 aliphatic carbocycles. The second kappa shape index (κ2) is 6.77. The van der Waals surface area contributed by atoms with E-state index in [-0.39, 0.29) is 6.04 Å². The Morgan fingerprint density at radius 2 is 1.82 bits per heavy atom. The van der Waals surface area contributed by atoms with Crippen LogP contribution in [-0.2, 0) is 6.54 Å². The van der Waals surface area contributed by atoms with Crippen LogP contribution in [0.25, 0.3) is 5.69 Å². The summed E-state index contributed by atoms with van der Waals surface area (Å²) in [6, 6.07) is 16.7. The first kappa shape index (κ1) is 14.8. The maximum Gasteiger partial charge on any atom is 0.0991 e. The van der Waals surface area contributed by atoms with Crippen LogP contribution in [0.15, 0.2) is 67.3 Å². The fourth-order valence-electron chi connectivity index (χ4n) is 2.34. The molecule has 4 heteroatoms. The van der Waals surface area contributed by atoms with Crippen molar-refractivity contribution < 1.29 is 0 Å². The second-order valence-electron chi connectivity index (χ2n) is 5.29. The van der Waals surface area contributed by atoms with Crippen molar-refractivity contribution in [3.63, 3.8) is 0 Å². The smallest absolute Gasteiger partial charge is 0.0991 e. The second-order valence-corrected chi connectivity index (χ2v) is 5.73. The van der Waals surface area contributed by atoms with E-state index < -0.39 is 0 Å². The van der Waals surface area contributed by atoms with Gasteiger partial charge >= 0.3 is 0 Å². The van der Waals surface area contributed by atoms with Crippen molar-refractivity contribution >= 4 is 11.6 Å². The van der Waals surface area contributed by atoms with E-state index in [0.29, 0.717) is 0 Å². The molecule has 0 fully saturated rings. The molecule has 112 valence electrons. The van der Waals surface area contributed by atoms with Crippen molar-refractivity contribution in [1.82, 2.24) is 14.9 Å². The Labute approximate surface area is 135 Å². The van der Waals surface area contributed by atoms with Crippen LogP contribution in [0.1, 0.15) is 24.1 Å². The summed E-state index contributed by atoms with van der Waals surface area (Å²) < 4.78 is 2.00. The van der Waals surface area contributed by atoms with Gasteiger partial charge in [0.05, 0.1) is 6.33 Å². The Morgan fingerprint density at radius 1 is 1.09 bits per heavy atom. The van der Waals surface area contributed by atoms with Crippen molar-refractivity contribution in [3.8, 4) is 5.69 Å². The number of aromatic nitrogens is 2. The highest BCUT2D eigenvalue weighted by Gasteiger charge is 2.05. The minimum Gasteiger partial charge on any atom is -0.306 e. The molecule has 0 radical (unpaired) electrons. The van der Waals surface area contributed by atoms with Crippen LogP contribution in [-0.4, -0.2) is 9.55 Å². The van der Waals surface area contributed by atoms with Gasteiger partial charge in [0.2, 0.25) is 0 Å². The quantitative estimate of drug-likeness (QED) is 0.758. The van der Waals surface area contributed by atoms with Gasteiger partial charge in [-0.3, -0.25) is 0 Å². The van der Waals surface area contributed by atoms with Crippen molar-refractivity contribution in [2.45, 2.75) is 19.5 Å². The molecule has 2 aromatic carbocycles. The summed E-state index contributed by atoms with van der Waals surface area (Å²) in [7, 11) is 0. The number of hydrogen-bond donors (Lipinski definition) is 1. The van der Waals surface area contributed by atoms with Crippen LogP contribution in [0.5, 0.6) is 0 Å². The van der Waals surface area contributed by atoms with Gasteiger partial charge in [-0.25, -0.2) is 4.98 Å². The number of imidazole rings is 1. The zero-order valence-electron chi connectivity index (χ0n) is 12.4. The fourth-order valence-corrected chi connectivity index (χ4v) is 2.46. The predicted molar refractivity (Wildman–Crippen MR) is 90.3 cm³/mol. The van der Waals surface area contributed by atoms with Gasteiger partial charge in [0.1, 0.15) is 0 Å². The molecule has 3 rings (SSSR count). The van der Waals surface area contributed by atoms with Crippen molar-refractivity contribution in [3.05, 3.63) is 83.4 Å². The number of nitrogens with one attached hydrogen (secondary N) is 1. The Morgan fingerprint density at radius 3 is 2.45 bits per heavy atom. The molecule has 0 aliphatic heterocycles. The maximum atomic E-state index is 5.90. The highest BCUT2D eigenvalue weighted by molar-refractivity contribution is 6.30. The first-order valence-corrected chi connectivity index (χ1v) is 7.66. The van der Waals surface area contributed by atoms with Crippen LogP contribution >= 0.6 is 11.6 Å². The molecule has 3 nitrogen and oxygen atoms in total. The largest absolute Gasteiger partial charge is 0.306 e. The van der Waals surface area contributed by atoms with Gasteiger partial charge in [0.15, 0.2) is 0 Å². The highest BCUT2D eigenvalue weighted by atomic mass is 35.5. The van der Waals surface area contributed by atoms with Gasteiger partial charge in [-0.1, -0.05) is 35.9 Å². The summed E-state index contributed by atoms with van der Waals surface area (Å²) in [6.07, 6.45) is 5.53. The molecule has 1 aromatic heterocycles. The number of halogens is 1. The third kappa shape index (κ3) is 3.56. The first-order valence-electron chi connectivity index (χ1n) is 7.28. The number of rotatable bonds is 5. The molecule has 1 atom stereocenters. The fraction of sp³-hybridized carbons (Fsp3) is 0.167. The minimum atomic E-state index is 0.285. The Bertz CT molecular complexity index is 703. The van der Waals surface area contributed by atoms with Gasteiger partial charge < -0.3 is 9.88 Å². The first-order chi connectivity index (χ1) is 10.7. The van der Waals surface area contributed by atoms with Crippen molar-refractivity contribution in [2.75, 3.05) is 0 Å². The number of hydrogen-bond acceptors (Lipinski definition) is 2. The SMILES string of the molecule is C[C@@H](NCc1ccc(Cl)cc1)c1ccc(-n2ccnc2)cc1. The van der Waals surface area contributed by atoms with Crippen molar-refractivity contribution in [1.29, 1.82) is 0 Å². The van der Waals surface area contributed by atoms with E-state index in [1.807, 2.05) is 35.0 Å². The van der Waals surface area contributed by atoms with E-state index in [1.54, 1.807) is 12.5 Å². The van der Waals surface area contributed by atoms with E-state index in [1.165, 1.54) is 11.1 Å². The molecule has 22 heavy (non-hydrogen) atoms. The molecule has 1 heterocycles. The Kier molecular flexibility index (Phi) is 4.56. The average Bonchev–Trinajstić information content (AvgIpc) is 3.09. The summed E-state index contributed by atoms with van der Waals surface area (Å²) in [4.78, 5) is 4.07. The number of benzene rings is 2. The Balaban J connectivity index is 1.62. The highest BCUT2D eigenvalue weighted by Crippen LogP contribution is 2.17. The monoisotopic (exact) mass is 311 g/mol. The van der Waals surface area contributed by atoms with Gasteiger partial charge in [-0.15, -0.1) is 0 Å². The molecule has 0 amide bonds. The van der Waals surface area contributed by atoms with Gasteiger partial charge in [-0.2, -0.15) is 0 Å². The Hall–Kier alpha value is -2.10. The maximum absolute atomic E-state index is 5.90. The molecular weight excluding hydrogens is 294 g/mol. The van der Waals surface area contributed by atoms with Crippen LogP contribution < -0.4 is 5.32 Å². The van der Waals surface area contributed by atoms with Gasteiger partial charge in [0.25, 0.3) is 0 Å². The zero-order chi connectivity index (χ0) is 15.4. The third-order valence-electron chi connectivity index (χ3n) is 3.72. The van der Waals surface area contributed by atoms with E-state index in [0.717, 1.165) is 17.3 Å². The van der Waals surface area contributed by atoms with Crippen LogP contribution in [0.4, 0.5) is 0 Å². The summed E-state index contributed by atoms with van der Waals surface area (Å²) in [5.74, 6) is 0. The van der Waals surface area contributed by atoms with E-state index >= 15 is 0 Å². The summed E-state index contributed by atoms with van der Waals surface area (Å²) in [5, 5.41) is 4.30. The summed E-state index contributed by atoms with van der Waals surface area (Å²) >= 11 is 5.90.